The van der Waals surface area contributed by atoms with Crippen LogP contribution in [0.4, 0.5) is 5.82 Å². The number of hydrogen-bond donors (Lipinski definition) is 2. The van der Waals surface area contributed by atoms with Crippen LogP contribution in [0.15, 0.2) is 41.3 Å². The van der Waals surface area contributed by atoms with Gasteiger partial charge >= 0.3 is 6.01 Å². The van der Waals surface area contributed by atoms with Crippen LogP contribution in [0.5, 0.6) is 11.9 Å². The maximum atomic E-state index is 13.0. The van der Waals surface area contributed by atoms with E-state index in [9.17, 15) is 18.3 Å². The first kappa shape index (κ1) is 26.6. The largest absolute Gasteiger partial charge is 0.481 e. The number of aromatic nitrogens is 3. The number of carbonyl (C=O) groups is 1. The molecule has 198 valence electrons. The topological polar surface area (TPSA) is 136 Å². The molecule has 0 amide bonds. The Hall–Kier alpha value is -3.48. The van der Waals surface area contributed by atoms with Crippen molar-refractivity contribution in [2.24, 2.45) is 0 Å². The molecule has 0 spiro atoms. The highest BCUT2D eigenvalue weighted by Crippen LogP contribution is 2.25. The molecule has 0 saturated carbocycles. The van der Waals surface area contributed by atoms with E-state index in [1.165, 1.54) is 32.4 Å². The molecule has 1 aliphatic heterocycles. The van der Waals surface area contributed by atoms with E-state index < -0.39 is 10.0 Å². The minimum absolute atomic E-state index is 0.0104. The van der Waals surface area contributed by atoms with Crippen molar-refractivity contribution in [1.29, 1.82) is 0 Å². The highest BCUT2D eigenvalue weighted by molar-refractivity contribution is 7.92. The molecule has 2 N–H and O–H groups in total. The second kappa shape index (κ2) is 10.9. The summed E-state index contributed by atoms with van der Waals surface area (Å²) in [6.07, 6.45) is 1.06. The average Bonchev–Trinajstić information content (AvgIpc) is 3.18. The number of benzene rings is 1. The molecule has 3 aromatic rings. The summed E-state index contributed by atoms with van der Waals surface area (Å²) in [6.45, 7) is 5.48. The number of methoxy groups -OCH3 is 2. The second-order valence-electron chi connectivity index (χ2n) is 8.93. The number of Topliss-reactive ketones (excluding diaryl/α,β-unsaturated/α-hetero) is 1. The number of ketones is 1. The Morgan fingerprint density at radius 1 is 1.08 bits per heavy atom. The predicted octanol–water partition coefficient (Wildman–Crippen LogP) is 2.34. The number of piperidine rings is 1. The first-order chi connectivity index (χ1) is 17.6. The molecule has 1 aliphatic rings. The Balaban J connectivity index is 1.53. The zero-order chi connectivity index (χ0) is 26.7. The highest BCUT2D eigenvalue weighted by atomic mass is 32.2. The van der Waals surface area contributed by atoms with Gasteiger partial charge in [0.1, 0.15) is 0 Å². The molecule has 0 bridgehead atoms. The van der Waals surface area contributed by atoms with Crippen molar-refractivity contribution >= 4 is 21.6 Å². The van der Waals surface area contributed by atoms with Gasteiger partial charge in [0.25, 0.3) is 10.0 Å². The van der Waals surface area contributed by atoms with Gasteiger partial charge in [-0.25, -0.2) is 8.42 Å². The molecular formula is C25H31N5O6S. The van der Waals surface area contributed by atoms with Crippen molar-refractivity contribution in [2.75, 3.05) is 38.6 Å². The van der Waals surface area contributed by atoms with Crippen LogP contribution in [-0.2, 0) is 10.0 Å². The number of aliphatic hydroxyl groups excluding tert-OH is 1. The van der Waals surface area contributed by atoms with Crippen LogP contribution in [0.1, 0.15) is 34.6 Å². The number of nitrogens with one attached hydrogen (secondary N) is 1. The van der Waals surface area contributed by atoms with Crippen LogP contribution in [0.3, 0.4) is 0 Å². The van der Waals surface area contributed by atoms with E-state index in [-0.39, 0.29) is 34.5 Å². The number of aliphatic hydroxyl groups is 1. The summed E-state index contributed by atoms with van der Waals surface area (Å²) in [5.41, 5.74) is 3.02. The molecule has 11 nitrogen and oxygen atoms in total. The number of ether oxygens (including phenoxy) is 2. The minimum atomic E-state index is -3.95. The standard InChI is InChI=1S/C25H31N5O6S/c1-16-13-21(22(32)15-29-11-9-19(31)10-12-29)17(2)30(16)18-5-7-20(8-6-18)37(33,34)28-23-14-24(35-3)27-25(26-23)36-4/h5-8,13-14,19,31H,9-12,15H2,1-4H3,(H,26,27,28). The molecule has 1 fully saturated rings. The van der Waals surface area contributed by atoms with E-state index in [2.05, 4.69) is 19.6 Å². The fourth-order valence-corrected chi connectivity index (χ4v) is 5.42. The van der Waals surface area contributed by atoms with Gasteiger partial charge in [0.15, 0.2) is 11.6 Å². The number of anilines is 1. The number of rotatable bonds is 9. The van der Waals surface area contributed by atoms with Gasteiger partial charge in [-0.3, -0.25) is 14.4 Å². The molecule has 1 aromatic carbocycles. The van der Waals surface area contributed by atoms with Crippen molar-refractivity contribution in [3.8, 4) is 17.6 Å². The molecule has 0 radical (unpaired) electrons. The summed E-state index contributed by atoms with van der Waals surface area (Å²) < 4.78 is 40.3. The molecule has 2 aromatic heterocycles. The van der Waals surface area contributed by atoms with E-state index in [4.69, 9.17) is 9.47 Å². The Morgan fingerprint density at radius 2 is 1.76 bits per heavy atom. The summed E-state index contributed by atoms with van der Waals surface area (Å²) in [5, 5.41) is 9.70. The predicted molar refractivity (Wildman–Crippen MR) is 137 cm³/mol. The zero-order valence-electron chi connectivity index (χ0n) is 21.3. The smallest absolute Gasteiger partial charge is 0.321 e. The number of likely N-dealkylation sites (tertiary alicyclic amines) is 1. The van der Waals surface area contributed by atoms with Gasteiger partial charge in [0.05, 0.1) is 31.8 Å². The third-order valence-corrected chi connectivity index (χ3v) is 7.74. The van der Waals surface area contributed by atoms with Crippen LogP contribution in [0.25, 0.3) is 5.69 Å². The molecule has 0 atom stereocenters. The number of hydrogen-bond acceptors (Lipinski definition) is 9. The van der Waals surface area contributed by atoms with Crippen molar-refractivity contribution in [2.45, 2.75) is 37.7 Å². The lowest BCUT2D eigenvalue weighted by Gasteiger charge is -2.28. The third kappa shape index (κ3) is 5.92. The highest BCUT2D eigenvalue weighted by Gasteiger charge is 2.23. The Kier molecular flexibility index (Phi) is 7.81. The average molecular weight is 530 g/mol. The molecule has 0 aliphatic carbocycles. The van der Waals surface area contributed by atoms with Crippen LogP contribution in [-0.4, -0.2) is 78.7 Å². The SMILES string of the molecule is COc1cc(NS(=O)(=O)c2ccc(-n3c(C)cc(C(=O)CN4CCC(O)CC4)c3C)cc2)nc(OC)n1. The van der Waals surface area contributed by atoms with Crippen molar-refractivity contribution in [3.05, 3.63) is 53.3 Å². The van der Waals surface area contributed by atoms with Gasteiger partial charge in [-0.15, -0.1) is 0 Å². The summed E-state index contributed by atoms with van der Waals surface area (Å²) in [7, 11) is -1.17. The van der Waals surface area contributed by atoms with Crippen LogP contribution in [0.2, 0.25) is 0 Å². The number of nitrogens with zero attached hydrogens (tertiary/aromatic N) is 4. The molecular weight excluding hydrogens is 498 g/mol. The Labute approximate surface area is 216 Å². The van der Waals surface area contributed by atoms with E-state index >= 15 is 0 Å². The maximum absolute atomic E-state index is 13.0. The van der Waals surface area contributed by atoms with Crippen molar-refractivity contribution < 1.29 is 27.8 Å². The molecule has 3 heterocycles. The molecule has 4 rings (SSSR count). The summed E-state index contributed by atoms with van der Waals surface area (Å²) >= 11 is 0. The van der Waals surface area contributed by atoms with Gasteiger partial charge in [-0.05, 0) is 57.0 Å². The fourth-order valence-electron chi connectivity index (χ4n) is 4.43. The second-order valence-corrected chi connectivity index (χ2v) is 10.6. The zero-order valence-corrected chi connectivity index (χ0v) is 22.1. The first-order valence-electron chi connectivity index (χ1n) is 11.8. The Bertz CT molecular complexity index is 1360. The normalized spacial score (nSPS) is 14.9. The minimum Gasteiger partial charge on any atom is -0.481 e. The van der Waals surface area contributed by atoms with Crippen LogP contribution >= 0.6 is 0 Å². The number of aryl methyl sites for hydroxylation is 1. The monoisotopic (exact) mass is 529 g/mol. The lowest BCUT2D eigenvalue weighted by Crippen LogP contribution is -2.39. The van der Waals surface area contributed by atoms with Gasteiger partial charge < -0.3 is 19.1 Å². The first-order valence-corrected chi connectivity index (χ1v) is 13.3. The number of sulfonamides is 1. The van der Waals surface area contributed by atoms with Crippen LogP contribution < -0.4 is 14.2 Å². The number of carbonyl (C=O) groups excluding carboxylic acids is 1. The van der Waals surface area contributed by atoms with Crippen molar-refractivity contribution in [1.82, 2.24) is 19.4 Å². The van der Waals surface area contributed by atoms with E-state index in [1.807, 2.05) is 24.5 Å². The molecule has 0 unspecified atom stereocenters. The summed E-state index contributed by atoms with van der Waals surface area (Å²) in [6, 6.07) is 9.55. The third-order valence-electron chi connectivity index (χ3n) is 6.37. The fraction of sp³-hybridized carbons (Fsp3) is 0.400. The van der Waals surface area contributed by atoms with E-state index in [1.54, 1.807) is 12.1 Å². The van der Waals surface area contributed by atoms with Gasteiger partial charge in [0, 0.05) is 41.8 Å². The summed E-state index contributed by atoms with van der Waals surface area (Å²) in [5.74, 6) is 0.188. The van der Waals surface area contributed by atoms with E-state index in [0.717, 1.165) is 17.1 Å². The lowest BCUT2D eigenvalue weighted by molar-refractivity contribution is 0.0710. The quantitative estimate of drug-likeness (QED) is 0.400. The van der Waals surface area contributed by atoms with Gasteiger partial charge in [-0.2, -0.15) is 9.97 Å². The molecule has 37 heavy (non-hydrogen) atoms. The van der Waals surface area contributed by atoms with Gasteiger partial charge in [-0.1, -0.05) is 0 Å². The van der Waals surface area contributed by atoms with Crippen molar-refractivity contribution in [3.63, 3.8) is 0 Å². The van der Waals surface area contributed by atoms with Gasteiger partial charge in [0.2, 0.25) is 5.88 Å². The maximum Gasteiger partial charge on any atom is 0.321 e. The molecule has 1 saturated heterocycles. The van der Waals surface area contributed by atoms with Crippen LogP contribution in [0, 0.1) is 13.8 Å². The Morgan fingerprint density at radius 3 is 2.38 bits per heavy atom. The van der Waals surface area contributed by atoms with E-state index in [0.29, 0.717) is 38.0 Å². The molecule has 12 heteroatoms. The lowest BCUT2D eigenvalue weighted by atomic mass is 10.1. The summed E-state index contributed by atoms with van der Waals surface area (Å²) in [4.78, 5) is 23.1.